The van der Waals surface area contributed by atoms with Crippen molar-refractivity contribution >= 4 is 5.97 Å². The van der Waals surface area contributed by atoms with Crippen molar-refractivity contribution < 1.29 is 14.6 Å². The number of unbranched alkanes of at least 4 members (excludes halogenated alkanes) is 8. The van der Waals surface area contributed by atoms with Crippen molar-refractivity contribution in [2.45, 2.75) is 111 Å². The van der Waals surface area contributed by atoms with Crippen molar-refractivity contribution in [1.82, 2.24) is 0 Å². The Morgan fingerprint density at radius 3 is 2.07 bits per heavy atom. The number of esters is 1. The lowest BCUT2D eigenvalue weighted by Gasteiger charge is -2.31. The first kappa shape index (κ1) is 24.5. The molecule has 0 heterocycles. The molecule has 160 valence electrons. The molecule has 0 aliphatic heterocycles. The van der Waals surface area contributed by atoms with Gasteiger partial charge < -0.3 is 9.84 Å². The highest BCUT2D eigenvalue weighted by Gasteiger charge is 2.29. The lowest BCUT2D eigenvalue weighted by Crippen LogP contribution is -2.25. The van der Waals surface area contributed by atoms with E-state index < -0.39 is 0 Å². The molecule has 28 heavy (non-hydrogen) atoms. The van der Waals surface area contributed by atoms with E-state index in [9.17, 15) is 9.90 Å². The molecular formula is C25H42O3. The highest BCUT2D eigenvalue weighted by molar-refractivity contribution is 5.72. The Balaban J connectivity index is 2.47. The third kappa shape index (κ3) is 7.85. The number of aromatic hydroxyl groups is 1. The summed E-state index contributed by atoms with van der Waals surface area (Å²) < 4.78 is 5.59. The second kappa shape index (κ2) is 12.1. The maximum absolute atomic E-state index is 12.2. The molecule has 1 aromatic carbocycles. The number of hydrogen-bond donors (Lipinski definition) is 1. The molecule has 0 aliphatic rings. The summed E-state index contributed by atoms with van der Waals surface area (Å²) in [5, 5.41) is 10.5. The van der Waals surface area contributed by atoms with E-state index in [0.717, 1.165) is 24.0 Å². The summed E-state index contributed by atoms with van der Waals surface area (Å²) >= 11 is 0. The molecule has 0 amide bonds. The Morgan fingerprint density at radius 1 is 1.00 bits per heavy atom. The van der Waals surface area contributed by atoms with Crippen molar-refractivity contribution in [3.63, 3.8) is 0 Å². The molecule has 0 radical (unpaired) electrons. The van der Waals surface area contributed by atoms with Crippen LogP contribution >= 0.6 is 0 Å². The zero-order chi connectivity index (χ0) is 21.2. The minimum Gasteiger partial charge on any atom is -0.507 e. The van der Waals surface area contributed by atoms with Gasteiger partial charge in [0.1, 0.15) is 11.5 Å². The topological polar surface area (TPSA) is 46.5 Å². The van der Waals surface area contributed by atoms with E-state index >= 15 is 0 Å². The van der Waals surface area contributed by atoms with E-state index in [1.807, 2.05) is 13.0 Å². The van der Waals surface area contributed by atoms with Gasteiger partial charge in [-0.05, 0) is 42.4 Å². The van der Waals surface area contributed by atoms with Crippen LogP contribution in [0.4, 0.5) is 0 Å². The van der Waals surface area contributed by atoms with E-state index in [-0.39, 0.29) is 11.4 Å². The van der Waals surface area contributed by atoms with E-state index in [0.29, 0.717) is 23.8 Å². The summed E-state index contributed by atoms with van der Waals surface area (Å²) in [5.74, 6) is 1.02. The lowest BCUT2D eigenvalue weighted by atomic mass is 9.74. The summed E-state index contributed by atoms with van der Waals surface area (Å²) in [6.45, 7) is 12.6. The quantitative estimate of drug-likeness (QED) is 0.216. The fourth-order valence-corrected chi connectivity index (χ4v) is 3.37. The largest absolute Gasteiger partial charge is 0.507 e. The Bertz CT molecular complexity index is 602. The van der Waals surface area contributed by atoms with Crippen LogP contribution in [0.15, 0.2) is 12.1 Å². The van der Waals surface area contributed by atoms with Crippen LogP contribution < -0.4 is 4.74 Å². The molecule has 3 heteroatoms. The summed E-state index contributed by atoms with van der Waals surface area (Å²) in [7, 11) is 0. The molecule has 0 fully saturated rings. The lowest BCUT2D eigenvalue weighted by molar-refractivity contribution is -0.134. The minimum absolute atomic E-state index is 0.179. The standard InChI is InChI=1S/C25H42O3/c1-7-8-9-10-11-12-13-14-15-16-23(26)28-21-17-20(4)24(27)22(18-21)25(5,6)19(2)3/h17-19,27H,7-16H2,1-6H3. The summed E-state index contributed by atoms with van der Waals surface area (Å²) in [6.07, 6.45) is 11.5. The van der Waals surface area contributed by atoms with Crippen LogP contribution in [0.5, 0.6) is 11.5 Å². The third-order valence-electron chi connectivity index (χ3n) is 6.13. The first-order valence-electron chi connectivity index (χ1n) is 11.2. The average molecular weight is 391 g/mol. The van der Waals surface area contributed by atoms with Crippen molar-refractivity contribution in [3.8, 4) is 11.5 Å². The molecule has 1 N–H and O–H groups in total. The van der Waals surface area contributed by atoms with Crippen molar-refractivity contribution in [3.05, 3.63) is 23.3 Å². The molecule has 0 aromatic heterocycles. The maximum atomic E-state index is 12.2. The second-order valence-corrected chi connectivity index (χ2v) is 9.07. The molecular weight excluding hydrogens is 348 g/mol. The summed E-state index contributed by atoms with van der Waals surface area (Å²) in [6, 6.07) is 3.58. The molecule has 0 bridgehead atoms. The van der Waals surface area contributed by atoms with Gasteiger partial charge in [0.05, 0.1) is 0 Å². The van der Waals surface area contributed by atoms with Crippen LogP contribution in [0.25, 0.3) is 0 Å². The predicted octanol–water partition coefficient (Wildman–Crippen LogP) is 7.46. The molecule has 0 saturated carbocycles. The molecule has 3 nitrogen and oxygen atoms in total. The smallest absolute Gasteiger partial charge is 0.311 e. The Hall–Kier alpha value is -1.51. The zero-order valence-corrected chi connectivity index (χ0v) is 19.1. The van der Waals surface area contributed by atoms with E-state index in [1.165, 1.54) is 44.9 Å². The number of ether oxygens (including phenoxy) is 1. The van der Waals surface area contributed by atoms with Crippen LogP contribution in [0.3, 0.4) is 0 Å². The van der Waals surface area contributed by atoms with Crippen molar-refractivity contribution in [2.24, 2.45) is 5.92 Å². The summed E-state index contributed by atoms with van der Waals surface area (Å²) in [5.41, 5.74) is 1.39. The van der Waals surface area contributed by atoms with Gasteiger partial charge in [0.25, 0.3) is 0 Å². The van der Waals surface area contributed by atoms with Crippen LogP contribution in [-0.4, -0.2) is 11.1 Å². The van der Waals surface area contributed by atoms with E-state index in [2.05, 4.69) is 34.6 Å². The normalized spacial score (nSPS) is 11.8. The second-order valence-electron chi connectivity index (χ2n) is 9.07. The Labute approximate surface area is 172 Å². The van der Waals surface area contributed by atoms with Crippen LogP contribution in [0.2, 0.25) is 0 Å². The third-order valence-corrected chi connectivity index (χ3v) is 6.13. The Kier molecular flexibility index (Phi) is 10.6. The minimum atomic E-state index is -0.200. The van der Waals surface area contributed by atoms with Gasteiger partial charge >= 0.3 is 5.97 Å². The van der Waals surface area contributed by atoms with Crippen molar-refractivity contribution in [1.29, 1.82) is 0 Å². The SMILES string of the molecule is CCCCCCCCCCCC(=O)Oc1cc(C)c(O)c(C(C)(C)C(C)C)c1. The van der Waals surface area contributed by atoms with Gasteiger partial charge in [-0.3, -0.25) is 4.79 Å². The fourth-order valence-electron chi connectivity index (χ4n) is 3.37. The van der Waals surface area contributed by atoms with E-state index in [4.69, 9.17) is 4.74 Å². The highest BCUT2D eigenvalue weighted by Crippen LogP contribution is 2.40. The number of hydrogen-bond acceptors (Lipinski definition) is 3. The monoisotopic (exact) mass is 390 g/mol. The number of benzene rings is 1. The van der Waals surface area contributed by atoms with Gasteiger partial charge in [0.15, 0.2) is 0 Å². The van der Waals surface area contributed by atoms with Crippen LogP contribution in [-0.2, 0) is 10.2 Å². The first-order chi connectivity index (χ1) is 13.2. The molecule has 1 rings (SSSR count). The summed E-state index contributed by atoms with van der Waals surface area (Å²) in [4.78, 5) is 12.2. The van der Waals surface area contributed by atoms with Crippen LogP contribution in [0, 0.1) is 12.8 Å². The predicted molar refractivity (Wildman–Crippen MR) is 118 cm³/mol. The van der Waals surface area contributed by atoms with Gasteiger partial charge in [0.2, 0.25) is 0 Å². The highest BCUT2D eigenvalue weighted by atomic mass is 16.5. The van der Waals surface area contributed by atoms with Gasteiger partial charge in [0, 0.05) is 12.0 Å². The number of phenolic OH excluding ortho intramolecular Hbond substituents is 1. The molecule has 0 aliphatic carbocycles. The van der Waals surface area contributed by atoms with Crippen LogP contribution in [0.1, 0.15) is 110 Å². The molecule has 0 unspecified atom stereocenters. The molecule has 1 aromatic rings. The maximum Gasteiger partial charge on any atom is 0.311 e. The first-order valence-corrected chi connectivity index (χ1v) is 11.2. The fraction of sp³-hybridized carbons (Fsp3) is 0.720. The number of carbonyl (C=O) groups excluding carboxylic acids is 1. The average Bonchev–Trinajstić information content (AvgIpc) is 2.62. The van der Waals surface area contributed by atoms with Gasteiger partial charge in [-0.15, -0.1) is 0 Å². The number of aryl methyl sites for hydroxylation is 1. The molecule has 0 spiro atoms. The number of phenols is 1. The molecule has 0 saturated heterocycles. The van der Waals surface area contributed by atoms with Gasteiger partial charge in [-0.1, -0.05) is 86.0 Å². The van der Waals surface area contributed by atoms with Gasteiger partial charge in [-0.2, -0.15) is 0 Å². The molecule has 0 atom stereocenters. The van der Waals surface area contributed by atoms with E-state index in [1.54, 1.807) is 6.07 Å². The van der Waals surface area contributed by atoms with Crippen molar-refractivity contribution in [2.75, 3.05) is 0 Å². The zero-order valence-electron chi connectivity index (χ0n) is 19.1. The number of rotatable bonds is 13. The number of carbonyl (C=O) groups is 1. The van der Waals surface area contributed by atoms with Gasteiger partial charge in [-0.25, -0.2) is 0 Å². The Morgan fingerprint density at radius 2 is 1.54 bits per heavy atom.